The van der Waals surface area contributed by atoms with Gasteiger partial charge in [-0.3, -0.25) is 9.36 Å². The molecule has 0 amide bonds. The molecule has 0 unspecified atom stereocenters. The second kappa shape index (κ2) is 8.46. The molecule has 0 spiro atoms. The lowest BCUT2D eigenvalue weighted by Gasteiger charge is -2.15. The summed E-state index contributed by atoms with van der Waals surface area (Å²) in [5, 5.41) is -0.127. The molecule has 8 heteroatoms. The Balaban J connectivity index is 2.08. The maximum atomic E-state index is 12.7. The maximum absolute atomic E-state index is 12.7. The monoisotopic (exact) mass is 418 g/mol. The van der Waals surface area contributed by atoms with E-state index in [2.05, 4.69) is 4.98 Å². The third-order valence-corrected chi connectivity index (χ3v) is 4.67. The van der Waals surface area contributed by atoms with Crippen molar-refractivity contribution >= 4 is 29.2 Å². The number of esters is 1. The Morgan fingerprint density at radius 3 is 2.21 bits per heavy atom. The highest BCUT2D eigenvalue weighted by Crippen LogP contribution is 2.27. The van der Waals surface area contributed by atoms with Crippen molar-refractivity contribution in [2.24, 2.45) is 0 Å². The maximum Gasteiger partial charge on any atom is 0.337 e. The molecule has 1 heterocycles. The predicted octanol–water partition coefficient (Wildman–Crippen LogP) is 4.06. The topological polar surface area (TPSA) is 70.4 Å². The van der Waals surface area contributed by atoms with E-state index in [4.69, 9.17) is 32.7 Å². The molecule has 144 valence electrons. The molecule has 0 bridgehead atoms. The highest BCUT2D eigenvalue weighted by Gasteiger charge is 2.17. The van der Waals surface area contributed by atoms with Crippen LogP contribution in [0, 0.1) is 0 Å². The fourth-order valence-electron chi connectivity index (χ4n) is 2.73. The summed E-state index contributed by atoms with van der Waals surface area (Å²) in [7, 11) is 2.89. The molecule has 0 aliphatic rings. The first-order chi connectivity index (χ1) is 13.4. The molecule has 3 aromatic rings. The molecule has 3 rings (SSSR count). The van der Waals surface area contributed by atoms with Crippen molar-refractivity contribution in [2.75, 3.05) is 14.2 Å². The Morgan fingerprint density at radius 2 is 1.64 bits per heavy atom. The molecule has 0 aliphatic carbocycles. The number of nitrogens with zero attached hydrogens (tertiary/aromatic N) is 2. The Labute approximate surface area is 171 Å². The summed E-state index contributed by atoms with van der Waals surface area (Å²) in [5.74, 6) is 0.253. The molecular weight excluding hydrogens is 403 g/mol. The van der Waals surface area contributed by atoms with Crippen molar-refractivity contribution < 1.29 is 14.3 Å². The standard InChI is InChI=1S/C20H16Cl2N2O4/c1-27-15-9-3-12(4-10-15)11-24-16(17(21)23-18(22)19(24)25)13-5-7-14(8-6-13)20(26)28-2/h3-10H,11H2,1-2H3. The summed E-state index contributed by atoms with van der Waals surface area (Å²) in [5.41, 5.74) is 1.80. The zero-order chi connectivity index (χ0) is 20.3. The third-order valence-electron chi connectivity index (χ3n) is 4.16. The lowest BCUT2D eigenvalue weighted by atomic mass is 10.1. The smallest absolute Gasteiger partial charge is 0.337 e. The van der Waals surface area contributed by atoms with Gasteiger partial charge in [-0.05, 0) is 29.8 Å². The molecule has 0 fully saturated rings. The number of carbonyl (C=O) groups excluding carboxylic acids is 1. The summed E-state index contributed by atoms with van der Waals surface area (Å²) in [6.45, 7) is 0.235. The van der Waals surface area contributed by atoms with Gasteiger partial charge in [0.1, 0.15) is 5.75 Å². The van der Waals surface area contributed by atoms with Crippen molar-refractivity contribution in [1.82, 2.24) is 9.55 Å². The van der Waals surface area contributed by atoms with Gasteiger partial charge in [0.05, 0.1) is 32.0 Å². The first-order valence-electron chi connectivity index (χ1n) is 8.22. The lowest BCUT2D eigenvalue weighted by Crippen LogP contribution is -2.24. The minimum absolute atomic E-state index is 0.0870. The number of methoxy groups -OCH3 is 2. The predicted molar refractivity (Wildman–Crippen MR) is 107 cm³/mol. The Bertz CT molecular complexity index is 1060. The minimum Gasteiger partial charge on any atom is -0.497 e. The Kier molecular flexibility index (Phi) is 6.02. The molecule has 28 heavy (non-hydrogen) atoms. The molecule has 0 radical (unpaired) electrons. The van der Waals surface area contributed by atoms with Crippen molar-refractivity contribution in [3.8, 4) is 17.0 Å². The first-order valence-corrected chi connectivity index (χ1v) is 8.97. The molecule has 0 saturated carbocycles. The van der Waals surface area contributed by atoms with Crippen LogP contribution in [-0.2, 0) is 11.3 Å². The van der Waals surface area contributed by atoms with Gasteiger partial charge < -0.3 is 9.47 Å². The zero-order valence-corrected chi connectivity index (χ0v) is 16.6. The van der Waals surface area contributed by atoms with E-state index < -0.39 is 11.5 Å². The number of ether oxygens (including phenoxy) is 2. The summed E-state index contributed by atoms with van der Waals surface area (Å²) in [4.78, 5) is 28.3. The van der Waals surface area contributed by atoms with Gasteiger partial charge >= 0.3 is 5.97 Å². The van der Waals surface area contributed by atoms with E-state index in [1.54, 1.807) is 43.5 Å². The average Bonchev–Trinajstić information content (AvgIpc) is 2.72. The number of hydrogen-bond acceptors (Lipinski definition) is 5. The molecule has 0 aliphatic heterocycles. The van der Waals surface area contributed by atoms with E-state index in [1.165, 1.54) is 11.7 Å². The lowest BCUT2D eigenvalue weighted by molar-refractivity contribution is 0.0601. The fourth-order valence-corrected chi connectivity index (χ4v) is 3.26. The second-order valence-electron chi connectivity index (χ2n) is 5.85. The van der Waals surface area contributed by atoms with E-state index in [1.807, 2.05) is 12.1 Å². The van der Waals surface area contributed by atoms with E-state index >= 15 is 0 Å². The number of benzene rings is 2. The van der Waals surface area contributed by atoms with Crippen LogP contribution in [-0.4, -0.2) is 29.7 Å². The fraction of sp³-hybridized carbons (Fsp3) is 0.150. The van der Waals surface area contributed by atoms with Crippen molar-refractivity contribution in [2.45, 2.75) is 6.54 Å². The van der Waals surface area contributed by atoms with Crippen molar-refractivity contribution in [3.05, 3.63) is 80.3 Å². The minimum atomic E-state index is -0.464. The van der Waals surface area contributed by atoms with Gasteiger partial charge in [0.2, 0.25) is 0 Å². The van der Waals surface area contributed by atoms with Crippen LogP contribution in [0.2, 0.25) is 10.3 Å². The third kappa shape index (κ3) is 4.03. The summed E-state index contributed by atoms with van der Waals surface area (Å²) < 4.78 is 11.3. The van der Waals surface area contributed by atoms with E-state index in [9.17, 15) is 9.59 Å². The number of carbonyl (C=O) groups is 1. The van der Waals surface area contributed by atoms with E-state index in [-0.39, 0.29) is 16.9 Å². The van der Waals surface area contributed by atoms with Crippen LogP contribution in [0.5, 0.6) is 5.75 Å². The molecular formula is C20H16Cl2N2O4. The van der Waals surface area contributed by atoms with Crippen LogP contribution in [0.1, 0.15) is 15.9 Å². The van der Waals surface area contributed by atoms with Gasteiger partial charge in [0, 0.05) is 5.56 Å². The number of halogens is 2. The molecule has 1 aromatic heterocycles. The van der Waals surface area contributed by atoms with Gasteiger partial charge in [-0.25, -0.2) is 9.78 Å². The van der Waals surface area contributed by atoms with Crippen LogP contribution in [0.15, 0.2) is 53.3 Å². The number of hydrogen-bond donors (Lipinski definition) is 0. The summed E-state index contributed by atoms with van der Waals surface area (Å²) in [6, 6.07) is 13.8. The molecule has 0 N–H and O–H groups in total. The largest absolute Gasteiger partial charge is 0.497 e. The van der Waals surface area contributed by atoms with Crippen LogP contribution < -0.4 is 10.3 Å². The van der Waals surface area contributed by atoms with Crippen LogP contribution in [0.25, 0.3) is 11.3 Å². The van der Waals surface area contributed by atoms with Gasteiger partial charge in [-0.2, -0.15) is 0 Å². The molecule has 6 nitrogen and oxygen atoms in total. The van der Waals surface area contributed by atoms with E-state index in [0.717, 1.165) is 5.56 Å². The molecule has 0 saturated heterocycles. The van der Waals surface area contributed by atoms with E-state index in [0.29, 0.717) is 22.6 Å². The summed E-state index contributed by atoms with van der Waals surface area (Å²) in [6.07, 6.45) is 0. The quantitative estimate of drug-likeness (QED) is 0.584. The van der Waals surface area contributed by atoms with Crippen LogP contribution in [0.3, 0.4) is 0 Å². The zero-order valence-electron chi connectivity index (χ0n) is 15.1. The van der Waals surface area contributed by atoms with Gasteiger partial charge in [-0.15, -0.1) is 0 Å². The normalized spacial score (nSPS) is 10.6. The average molecular weight is 419 g/mol. The van der Waals surface area contributed by atoms with Gasteiger partial charge in [0.25, 0.3) is 5.56 Å². The van der Waals surface area contributed by atoms with Gasteiger partial charge in [-0.1, -0.05) is 47.5 Å². The highest BCUT2D eigenvalue weighted by molar-refractivity contribution is 6.33. The highest BCUT2D eigenvalue weighted by atomic mass is 35.5. The Morgan fingerprint density at radius 1 is 1.00 bits per heavy atom. The first kappa shape index (κ1) is 19.9. The van der Waals surface area contributed by atoms with Crippen molar-refractivity contribution in [3.63, 3.8) is 0 Å². The van der Waals surface area contributed by atoms with Crippen LogP contribution in [0.4, 0.5) is 0 Å². The van der Waals surface area contributed by atoms with Crippen molar-refractivity contribution in [1.29, 1.82) is 0 Å². The molecule has 2 aromatic carbocycles. The second-order valence-corrected chi connectivity index (χ2v) is 6.57. The number of aromatic nitrogens is 2. The molecule has 0 atom stereocenters. The Hall–Kier alpha value is -2.83. The number of rotatable bonds is 5. The van der Waals surface area contributed by atoms with Crippen LogP contribution >= 0.6 is 23.2 Å². The SMILES string of the molecule is COC(=O)c1ccc(-c2c(Cl)nc(Cl)c(=O)n2Cc2ccc(OC)cc2)cc1. The van der Waals surface area contributed by atoms with Gasteiger partial charge in [0.15, 0.2) is 10.3 Å². The summed E-state index contributed by atoms with van der Waals surface area (Å²) >= 11 is 12.3.